The van der Waals surface area contributed by atoms with Crippen LogP contribution >= 0.6 is 15.9 Å². The van der Waals surface area contributed by atoms with Crippen LogP contribution in [0.5, 0.6) is 0 Å². The molecular weight excluding hydrogens is 410 g/mol. The van der Waals surface area contributed by atoms with Gasteiger partial charge in [0.2, 0.25) is 0 Å². The van der Waals surface area contributed by atoms with Crippen molar-refractivity contribution < 1.29 is 14.7 Å². The Labute approximate surface area is 166 Å². The van der Waals surface area contributed by atoms with E-state index in [-0.39, 0.29) is 0 Å². The number of hydrogen-bond acceptors (Lipinski definition) is 3. The van der Waals surface area contributed by atoms with Crippen LogP contribution in [0.4, 0.5) is 16.2 Å². The van der Waals surface area contributed by atoms with E-state index in [0.29, 0.717) is 33.9 Å². The number of anilines is 2. The molecule has 0 aromatic heterocycles. The number of carbonyl (C=O) groups excluding carboxylic acids is 2. The summed E-state index contributed by atoms with van der Waals surface area (Å²) in [5, 5.41) is 17.1. The predicted octanol–water partition coefficient (Wildman–Crippen LogP) is 3.81. The standard InChI is InChI=1S/C20H22BrN3O3/c1-13(2)10-11-22-18(25)20(27)16-12-14(21)8-9-17(16)23-19(26)24(20)15-6-4-3-5-7-15/h3-9,12-13,27H,10-11H2,1-2H3,(H,22,25)(H,23,26). The van der Waals surface area contributed by atoms with Crippen molar-refractivity contribution in [3.63, 3.8) is 0 Å². The highest BCUT2D eigenvalue weighted by atomic mass is 79.9. The molecule has 2 aromatic rings. The number of fused-ring (bicyclic) bond motifs is 1. The van der Waals surface area contributed by atoms with Crippen LogP contribution < -0.4 is 15.5 Å². The predicted molar refractivity (Wildman–Crippen MR) is 108 cm³/mol. The van der Waals surface area contributed by atoms with Gasteiger partial charge in [0.05, 0.1) is 5.69 Å². The van der Waals surface area contributed by atoms with Gasteiger partial charge in [-0.2, -0.15) is 0 Å². The van der Waals surface area contributed by atoms with Crippen molar-refractivity contribution in [3.8, 4) is 0 Å². The van der Waals surface area contributed by atoms with Crippen molar-refractivity contribution in [2.75, 3.05) is 16.8 Å². The fourth-order valence-electron chi connectivity index (χ4n) is 3.06. The molecule has 3 amide bonds. The Morgan fingerprint density at radius 1 is 1.26 bits per heavy atom. The summed E-state index contributed by atoms with van der Waals surface area (Å²) in [5.41, 5.74) is -1.04. The van der Waals surface area contributed by atoms with Crippen molar-refractivity contribution in [2.45, 2.75) is 26.0 Å². The summed E-state index contributed by atoms with van der Waals surface area (Å²) >= 11 is 3.38. The molecule has 27 heavy (non-hydrogen) atoms. The van der Waals surface area contributed by atoms with E-state index < -0.39 is 17.7 Å². The van der Waals surface area contributed by atoms with Gasteiger partial charge in [0, 0.05) is 22.3 Å². The largest absolute Gasteiger partial charge is 0.359 e. The Hall–Kier alpha value is -2.38. The average molecular weight is 432 g/mol. The van der Waals surface area contributed by atoms with E-state index >= 15 is 0 Å². The van der Waals surface area contributed by atoms with Crippen LogP contribution in [0.3, 0.4) is 0 Å². The van der Waals surface area contributed by atoms with Gasteiger partial charge in [0.1, 0.15) is 0 Å². The summed E-state index contributed by atoms with van der Waals surface area (Å²) in [4.78, 5) is 27.0. The van der Waals surface area contributed by atoms with Gasteiger partial charge in [-0.15, -0.1) is 0 Å². The number of aliphatic hydroxyl groups is 1. The van der Waals surface area contributed by atoms with Crippen LogP contribution in [0, 0.1) is 5.92 Å². The van der Waals surface area contributed by atoms with Gasteiger partial charge < -0.3 is 15.7 Å². The van der Waals surface area contributed by atoms with Crippen LogP contribution in [0.2, 0.25) is 0 Å². The van der Waals surface area contributed by atoms with Gasteiger partial charge in [-0.05, 0) is 42.7 Å². The van der Waals surface area contributed by atoms with Crippen molar-refractivity contribution in [3.05, 3.63) is 58.6 Å². The third-order valence-corrected chi connectivity index (χ3v) is 4.96. The molecule has 1 atom stereocenters. The molecule has 0 saturated heterocycles. The molecule has 0 bridgehead atoms. The number of benzene rings is 2. The molecule has 6 nitrogen and oxygen atoms in total. The van der Waals surface area contributed by atoms with Crippen molar-refractivity contribution >= 4 is 39.2 Å². The average Bonchev–Trinajstić information content (AvgIpc) is 2.63. The zero-order valence-corrected chi connectivity index (χ0v) is 16.8. The SMILES string of the molecule is CC(C)CCNC(=O)C1(O)c2cc(Br)ccc2NC(=O)N1c1ccccc1. The molecule has 1 aliphatic heterocycles. The molecular formula is C20H22BrN3O3. The Balaban J connectivity index is 2.09. The van der Waals surface area contributed by atoms with Gasteiger partial charge in [0.15, 0.2) is 0 Å². The minimum absolute atomic E-state index is 0.308. The van der Waals surface area contributed by atoms with Gasteiger partial charge in [-0.3, -0.25) is 9.69 Å². The summed E-state index contributed by atoms with van der Waals surface area (Å²) in [7, 11) is 0. The summed E-state index contributed by atoms with van der Waals surface area (Å²) in [6, 6.07) is 13.1. The van der Waals surface area contributed by atoms with Gasteiger partial charge in [-0.25, -0.2) is 4.79 Å². The molecule has 1 heterocycles. The molecule has 7 heteroatoms. The lowest BCUT2D eigenvalue weighted by atomic mass is 9.94. The second kappa shape index (κ2) is 7.70. The summed E-state index contributed by atoms with van der Waals surface area (Å²) in [6.45, 7) is 4.52. The lowest BCUT2D eigenvalue weighted by molar-refractivity contribution is -0.140. The minimum Gasteiger partial charge on any atom is -0.359 e. The summed E-state index contributed by atoms with van der Waals surface area (Å²) in [5.74, 6) is -0.234. The number of hydrogen-bond donors (Lipinski definition) is 3. The normalized spacial score (nSPS) is 18.9. The van der Waals surface area contributed by atoms with Crippen molar-refractivity contribution in [1.29, 1.82) is 0 Å². The quantitative estimate of drug-likeness (QED) is 0.672. The molecule has 0 aliphatic carbocycles. The maximum atomic E-state index is 13.1. The van der Waals surface area contributed by atoms with E-state index in [2.05, 4.69) is 40.4 Å². The van der Waals surface area contributed by atoms with E-state index in [1.807, 2.05) is 0 Å². The number of para-hydroxylation sites is 1. The zero-order chi connectivity index (χ0) is 19.6. The lowest BCUT2D eigenvalue weighted by Crippen LogP contribution is -2.62. The number of carbonyl (C=O) groups is 2. The first kappa shape index (κ1) is 19.4. The highest BCUT2D eigenvalue weighted by Gasteiger charge is 2.52. The molecule has 0 radical (unpaired) electrons. The molecule has 142 valence electrons. The number of nitrogens with zero attached hydrogens (tertiary/aromatic N) is 1. The van der Waals surface area contributed by atoms with E-state index in [9.17, 15) is 14.7 Å². The van der Waals surface area contributed by atoms with Crippen molar-refractivity contribution in [1.82, 2.24) is 5.32 Å². The Bertz CT molecular complexity index is 857. The molecule has 1 aliphatic rings. The first-order chi connectivity index (χ1) is 12.8. The van der Waals surface area contributed by atoms with E-state index in [1.165, 1.54) is 0 Å². The fraction of sp³-hybridized carbons (Fsp3) is 0.300. The summed E-state index contributed by atoms with van der Waals surface area (Å²) in [6.07, 6.45) is 0.769. The maximum absolute atomic E-state index is 13.1. The molecule has 0 spiro atoms. The monoisotopic (exact) mass is 431 g/mol. The molecule has 2 aromatic carbocycles. The Morgan fingerprint density at radius 2 is 1.96 bits per heavy atom. The number of rotatable bonds is 5. The molecule has 0 fully saturated rings. The van der Waals surface area contributed by atoms with E-state index in [4.69, 9.17) is 0 Å². The number of nitrogens with one attached hydrogen (secondary N) is 2. The molecule has 0 saturated carbocycles. The molecule has 1 unspecified atom stereocenters. The van der Waals surface area contributed by atoms with Crippen LogP contribution in [0.15, 0.2) is 53.0 Å². The van der Waals surface area contributed by atoms with E-state index in [0.717, 1.165) is 11.3 Å². The number of urea groups is 1. The summed E-state index contributed by atoms with van der Waals surface area (Å²) < 4.78 is 0.693. The van der Waals surface area contributed by atoms with Crippen LogP contribution in [-0.2, 0) is 10.5 Å². The maximum Gasteiger partial charge on any atom is 0.329 e. The number of amides is 3. The first-order valence-electron chi connectivity index (χ1n) is 8.81. The third kappa shape index (κ3) is 3.70. The first-order valence-corrected chi connectivity index (χ1v) is 9.60. The second-order valence-electron chi connectivity index (χ2n) is 6.90. The zero-order valence-electron chi connectivity index (χ0n) is 15.2. The van der Waals surface area contributed by atoms with Crippen LogP contribution in [0.1, 0.15) is 25.8 Å². The molecule has 3 N–H and O–H groups in total. The van der Waals surface area contributed by atoms with Gasteiger partial charge in [-0.1, -0.05) is 48.0 Å². The molecule has 3 rings (SSSR count). The Morgan fingerprint density at radius 3 is 2.63 bits per heavy atom. The smallest absolute Gasteiger partial charge is 0.329 e. The van der Waals surface area contributed by atoms with Gasteiger partial charge >= 0.3 is 6.03 Å². The Kier molecular flexibility index (Phi) is 5.53. The highest BCUT2D eigenvalue weighted by molar-refractivity contribution is 9.10. The lowest BCUT2D eigenvalue weighted by Gasteiger charge is -2.42. The number of halogens is 1. The van der Waals surface area contributed by atoms with Gasteiger partial charge in [0.25, 0.3) is 11.6 Å². The third-order valence-electron chi connectivity index (χ3n) is 4.46. The fourth-order valence-corrected chi connectivity index (χ4v) is 3.42. The van der Waals surface area contributed by atoms with Crippen molar-refractivity contribution in [2.24, 2.45) is 5.92 Å². The highest BCUT2D eigenvalue weighted by Crippen LogP contribution is 2.40. The van der Waals surface area contributed by atoms with Crippen LogP contribution in [-0.4, -0.2) is 23.6 Å². The second-order valence-corrected chi connectivity index (χ2v) is 7.82. The minimum atomic E-state index is -2.17. The topological polar surface area (TPSA) is 81.7 Å². The van der Waals surface area contributed by atoms with E-state index in [1.54, 1.807) is 48.5 Å². The van der Waals surface area contributed by atoms with Crippen LogP contribution in [0.25, 0.3) is 0 Å².